The molecule has 8 nitrogen and oxygen atoms in total. The summed E-state index contributed by atoms with van der Waals surface area (Å²) in [5.74, 6) is -0.0553. The first-order valence-electron chi connectivity index (χ1n) is 6.22. The maximum atomic E-state index is 11.2. The number of hydrogen-bond donors (Lipinski definition) is 0. The third kappa shape index (κ3) is 3.78. The minimum atomic E-state index is -0.567. The Hall–Kier alpha value is -1.93. The predicted molar refractivity (Wildman–Crippen MR) is 67.0 cm³/mol. The van der Waals surface area contributed by atoms with E-state index in [-0.39, 0.29) is 24.4 Å². The van der Waals surface area contributed by atoms with Crippen molar-refractivity contribution in [1.82, 2.24) is 4.90 Å². The van der Waals surface area contributed by atoms with E-state index in [1.807, 2.05) is 4.90 Å². The van der Waals surface area contributed by atoms with Gasteiger partial charge in [-0.3, -0.25) is 19.8 Å². The third-order valence-corrected chi connectivity index (χ3v) is 3.05. The van der Waals surface area contributed by atoms with Gasteiger partial charge in [0.05, 0.1) is 38.9 Å². The standard InChI is InChI=1S/C12H16N2O6/c1-18-12(15)6-10-8-13(4-5-19-10)7-9-2-3-11(20-9)14(16)17/h2-3,10H,4-8H2,1H3. The molecular formula is C12H16N2O6. The van der Waals surface area contributed by atoms with Gasteiger partial charge in [0.2, 0.25) is 0 Å². The van der Waals surface area contributed by atoms with Gasteiger partial charge in [-0.15, -0.1) is 0 Å². The molecule has 1 aliphatic heterocycles. The lowest BCUT2D eigenvalue weighted by atomic mass is 10.2. The lowest BCUT2D eigenvalue weighted by molar-refractivity contribution is -0.402. The number of furan rings is 1. The lowest BCUT2D eigenvalue weighted by Crippen LogP contribution is -2.42. The number of nitro groups is 1. The van der Waals surface area contributed by atoms with Gasteiger partial charge < -0.3 is 13.9 Å². The highest BCUT2D eigenvalue weighted by molar-refractivity contribution is 5.69. The largest absolute Gasteiger partial charge is 0.469 e. The number of nitrogens with zero attached hydrogens (tertiary/aromatic N) is 2. The SMILES string of the molecule is COC(=O)CC1CN(Cc2ccc([N+](=O)[O-])o2)CCO1. The maximum Gasteiger partial charge on any atom is 0.433 e. The quantitative estimate of drug-likeness (QED) is 0.451. The topological polar surface area (TPSA) is 95.0 Å². The van der Waals surface area contributed by atoms with Crippen molar-refractivity contribution >= 4 is 11.9 Å². The molecule has 0 spiro atoms. The fourth-order valence-electron chi connectivity index (χ4n) is 2.09. The fourth-order valence-corrected chi connectivity index (χ4v) is 2.09. The zero-order valence-corrected chi connectivity index (χ0v) is 11.1. The molecule has 0 aliphatic carbocycles. The van der Waals surface area contributed by atoms with Gasteiger partial charge in [0.1, 0.15) is 10.7 Å². The summed E-state index contributed by atoms with van der Waals surface area (Å²) in [6.45, 7) is 2.20. The van der Waals surface area contributed by atoms with Gasteiger partial charge in [0, 0.05) is 13.1 Å². The number of rotatable bonds is 5. The van der Waals surface area contributed by atoms with Crippen molar-refractivity contribution in [3.8, 4) is 0 Å². The van der Waals surface area contributed by atoms with Crippen LogP contribution in [-0.2, 0) is 20.8 Å². The summed E-state index contributed by atoms with van der Waals surface area (Å²) in [5.41, 5.74) is 0. The lowest BCUT2D eigenvalue weighted by Gasteiger charge is -2.31. The Morgan fingerprint density at radius 3 is 3.05 bits per heavy atom. The van der Waals surface area contributed by atoms with E-state index in [0.29, 0.717) is 32.0 Å². The Bertz CT molecular complexity index is 486. The summed E-state index contributed by atoms with van der Waals surface area (Å²) in [6, 6.07) is 2.92. The van der Waals surface area contributed by atoms with E-state index in [0.717, 1.165) is 0 Å². The second-order valence-corrected chi connectivity index (χ2v) is 4.51. The van der Waals surface area contributed by atoms with E-state index in [4.69, 9.17) is 9.15 Å². The molecule has 1 aliphatic rings. The molecule has 2 rings (SSSR count). The van der Waals surface area contributed by atoms with Crippen LogP contribution in [0.25, 0.3) is 0 Å². The summed E-state index contributed by atoms with van der Waals surface area (Å²) < 4.78 is 15.2. The molecular weight excluding hydrogens is 268 g/mol. The van der Waals surface area contributed by atoms with E-state index in [9.17, 15) is 14.9 Å². The van der Waals surface area contributed by atoms with Crippen LogP contribution in [0, 0.1) is 10.1 Å². The first-order valence-corrected chi connectivity index (χ1v) is 6.22. The molecule has 0 bridgehead atoms. The summed E-state index contributed by atoms with van der Waals surface area (Å²) >= 11 is 0. The normalized spacial score (nSPS) is 19.8. The van der Waals surface area contributed by atoms with Gasteiger partial charge in [-0.25, -0.2) is 0 Å². The molecule has 1 aromatic rings. The number of carbonyl (C=O) groups is 1. The predicted octanol–water partition coefficient (Wildman–Crippen LogP) is 0.952. The highest BCUT2D eigenvalue weighted by Gasteiger charge is 2.24. The smallest absolute Gasteiger partial charge is 0.433 e. The van der Waals surface area contributed by atoms with Gasteiger partial charge in [-0.05, 0) is 6.07 Å². The molecule has 1 fully saturated rings. The zero-order chi connectivity index (χ0) is 14.5. The number of ether oxygens (including phenoxy) is 2. The molecule has 110 valence electrons. The van der Waals surface area contributed by atoms with Gasteiger partial charge in [0.15, 0.2) is 0 Å². The fraction of sp³-hybridized carbons (Fsp3) is 0.583. The second-order valence-electron chi connectivity index (χ2n) is 4.51. The van der Waals surface area contributed by atoms with E-state index < -0.39 is 4.92 Å². The number of hydrogen-bond acceptors (Lipinski definition) is 7. The molecule has 20 heavy (non-hydrogen) atoms. The van der Waals surface area contributed by atoms with Crippen LogP contribution in [0.3, 0.4) is 0 Å². The van der Waals surface area contributed by atoms with Crippen LogP contribution in [0.2, 0.25) is 0 Å². The van der Waals surface area contributed by atoms with Crippen LogP contribution in [-0.4, -0.2) is 48.7 Å². The van der Waals surface area contributed by atoms with Crippen molar-refractivity contribution in [3.05, 3.63) is 28.0 Å². The zero-order valence-electron chi connectivity index (χ0n) is 11.1. The van der Waals surface area contributed by atoms with Crippen molar-refractivity contribution in [1.29, 1.82) is 0 Å². The Balaban J connectivity index is 1.88. The summed E-state index contributed by atoms with van der Waals surface area (Å²) in [5, 5.41) is 10.5. The van der Waals surface area contributed by atoms with E-state index in [1.165, 1.54) is 13.2 Å². The summed E-state index contributed by atoms with van der Waals surface area (Å²) in [6.07, 6.45) is -0.0215. The van der Waals surface area contributed by atoms with Crippen molar-refractivity contribution < 1.29 is 23.6 Å². The molecule has 0 saturated carbocycles. The highest BCUT2D eigenvalue weighted by atomic mass is 16.6. The number of esters is 1. The first-order chi connectivity index (χ1) is 9.58. The van der Waals surface area contributed by atoms with Crippen molar-refractivity contribution in [2.75, 3.05) is 26.8 Å². The number of methoxy groups -OCH3 is 1. The molecule has 8 heteroatoms. The first kappa shape index (κ1) is 14.5. The van der Waals surface area contributed by atoms with Gasteiger partial charge in [-0.1, -0.05) is 0 Å². The Kier molecular flexibility index (Phi) is 4.70. The number of morpholine rings is 1. The van der Waals surface area contributed by atoms with Crippen LogP contribution < -0.4 is 0 Å². The third-order valence-electron chi connectivity index (χ3n) is 3.05. The van der Waals surface area contributed by atoms with E-state index >= 15 is 0 Å². The minimum Gasteiger partial charge on any atom is -0.469 e. The average molecular weight is 284 g/mol. The summed E-state index contributed by atoms with van der Waals surface area (Å²) in [7, 11) is 1.34. The van der Waals surface area contributed by atoms with Crippen LogP contribution in [0.1, 0.15) is 12.2 Å². The second kappa shape index (κ2) is 6.49. The van der Waals surface area contributed by atoms with Gasteiger partial charge in [0.25, 0.3) is 0 Å². The Labute approximate surface area is 115 Å². The van der Waals surface area contributed by atoms with Gasteiger partial charge >= 0.3 is 11.9 Å². The molecule has 1 unspecified atom stereocenters. The van der Waals surface area contributed by atoms with Crippen molar-refractivity contribution in [2.24, 2.45) is 0 Å². The van der Waals surface area contributed by atoms with Crippen molar-refractivity contribution in [2.45, 2.75) is 19.1 Å². The molecule has 1 saturated heterocycles. The van der Waals surface area contributed by atoms with Crippen LogP contribution in [0.5, 0.6) is 0 Å². The molecule has 1 atom stereocenters. The van der Waals surface area contributed by atoms with Crippen LogP contribution >= 0.6 is 0 Å². The van der Waals surface area contributed by atoms with Crippen LogP contribution in [0.15, 0.2) is 16.5 Å². The van der Waals surface area contributed by atoms with Gasteiger partial charge in [-0.2, -0.15) is 0 Å². The molecule has 2 heterocycles. The summed E-state index contributed by atoms with van der Waals surface area (Å²) in [4.78, 5) is 23.2. The molecule has 0 N–H and O–H groups in total. The van der Waals surface area contributed by atoms with E-state index in [2.05, 4.69) is 4.74 Å². The molecule has 0 amide bonds. The molecule has 1 aromatic heterocycles. The maximum absolute atomic E-state index is 11.2. The van der Waals surface area contributed by atoms with Crippen LogP contribution in [0.4, 0.5) is 5.88 Å². The molecule has 0 radical (unpaired) electrons. The van der Waals surface area contributed by atoms with Crippen molar-refractivity contribution in [3.63, 3.8) is 0 Å². The minimum absolute atomic E-state index is 0.200. The number of carbonyl (C=O) groups excluding carboxylic acids is 1. The highest BCUT2D eigenvalue weighted by Crippen LogP contribution is 2.19. The average Bonchev–Trinajstić information content (AvgIpc) is 2.87. The molecule has 0 aromatic carbocycles. The Morgan fingerprint density at radius 1 is 1.60 bits per heavy atom. The van der Waals surface area contributed by atoms with E-state index in [1.54, 1.807) is 6.07 Å². The monoisotopic (exact) mass is 284 g/mol. The Morgan fingerprint density at radius 2 is 2.40 bits per heavy atom.